The van der Waals surface area contributed by atoms with Gasteiger partial charge in [-0.1, -0.05) is 36.4 Å². The third kappa shape index (κ3) is 6.65. The van der Waals surface area contributed by atoms with E-state index in [0.717, 1.165) is 5.56 Å². The summed E-state index contributed by atoms with van der Waals surface area (Å²) in [5.41, 5.74) is 2.47. The molecule has 8 nitrogen and oxygen atoms in total. The molecule has 0 aromatic heterocycles. The Bertz CT molecular complexity index is 1170. The second kappa shape index (κ2) is 12.8. The van der Waals surface area contributed by atoms with Crippen LogP contribution < -0.4 is 24.3 Å². The van der Waals surface area contributed by atoms with Crippen LogP contribution in [0, 0.1) is 0 Å². The van der Waals surface area contributed by atoms with Gasteiger partial charge in [-0.2, -0.15) is 0 Å². The Morgan fingerprint density at radius 3 is 2.14 bits per heavy atom. The summed E-state index contributed by atoms with van der Waals surface area (Å²) in [5, 5.41) is 14.4. The van der Waals surface area contributed by atoms with Gasteiger partial charge in [-0.15, -0.1) is 0 Å². The SMILES string of the molecule is COc1cc(OC)c(C=C[S+]([O-])Cc2ccc(OC)c(NC(C(=O)O)c3ccccc3)c2)c(OC)c1. The summed E-state index contributed by atoms with van der Waals surface area (Å²) in [7, 11) is 6.13. The molecule has 3 aromatic carbocycles. The number of benzene rings is 3. The lowest BCUT2D eigenvalue weighted by Gasteiger charge is -2.19. The molecule has 0 heterocycles. The van der Waals surface area contributed by atoms with E-state index in [1.54, 1.807) is 73.2 Å². The molecule has 2 atom stereocenters. The molecule has 3 aromatic rings. The molecule has 3 rings (SSSR count). The number of rotatable bonds is 12. The molecule has 9 heteroatoms. The maximum Gasteiger partial charge on any atom is 0.330 e. The molecule has 0 saturated carbocycles. The van der Waals surface area contributed by atoms with Crippen LogP contribution in [-0.2, 0) is 21.7 Å². The lowest BCUT2D eigenvalue weighted by atomic mass is 10.1. The fourth-order valence-electron chi connectivity index (χ4n) is 3.60. The number of hydrogen-bond acceptors (Lipinski definition) is 7. The van der Waals surface area contributed by atoms with Gasteiger partial charge in [0.05, 0.1) is 39.7 Å². The van der Waals surface area contributed by atoms with Gasteiger partial charge in [0, 0.05) is 23.8 Å². The summed E-state index contributed by atoms with van der Waals surface area (Å²) in [4.78, 5) is 11.9. The summed E-state index contributed by atoms with van der Waals surface area (Å²) in [6, 6.07) is 16.6. The molecule has 0 spiro atoms. The molecule has 0 aliphatic heterocycles. The average molecular weight is 512 g/mol. The quantitative estimate of drug-likeness (QED) is 0.331. The fraction of sp³-hybridized carbons (Fsp3) is 0.222. The van der Waals surface area contributed by atoms with Crippen LogP contribution in [0.2, 0.25) is 0 Å². The second-order valence-electron chi connectivity index (χ2n) is 7.63. The van der Waals surface area contributed by atoms with E-state index in [9.17, 15) is 14.5 Å². The molecule has 0 bridgehead atoms. The molecule has 2 unspecified atom stereocenters. The number of ether oxygens (including phenoxy) is 4. The first kappa shape index (κ1) is 26.8. The van der Waals surface area contributed by atoms with Gasteiger partial charge in [0.1, 0.15) is 34.2 Å². The predicted octanol–water partition coefficient (Wildman–Crippen LogP) is 4.88. The van der Waals surface area contributed by atoms with E-state index in [2.05, 4.69) is 5.32 Å². The van der Waals surface area contributed by atoms with Crippen molar-refractivity contribution in [2.45, 2.75) is 11.8 Å². The Balaban J connectivity index is 1.82. The lowest BCUT2D eigenvalue weighted by Crippen LogP contribution is -2.21. The zero-order valence-corrected chi connectivity index (χ0v) is 21.3. The maximum absolute atomic E-state index is 12.9. The van der Waals surface area contributed by atoms with Crippen LogP contribution in [0.15, 0.2) is 66.1 Å². The van der Waals surface area contributed by atoms with Crippen LogP contribution in [0.4, 0.5) is 5.69 Å². The minimum atomic E-state index is -1.38. The van der Waals surface area contributed by atoms with E-state index < -0.39 is 23.2 Å². The van der Waals surface area contributed by atoms with Gasteiger partial charge in [0.25, 0.3) is 0 Å². The van der Waals surface area contributed by atoms with Crippen LogP contribution in [0.5, 0.6) is 23.0 Å². The first-order valence-electron chi connectivity index (χ1n) is 11.0. The largest absolute Gasteiger partial charge is 0.612 e. The normalized spacial score (nSPS) is 12.6. The van der Waals surface area contributed by atoms with E-state index >= 15 is 0 Å². The van der Waals surface area contributed by atoms with Crippen molar-refractivity contribution in [3.63, 3.8) is 0 Å². The second-order valence-corrected chi connectivity index (χ2v) is 8.96. The zero-order chi connectivity index (χ0) is 26.1. The number of carboxylic acid groups (broad SMARTS) is 1. The van der Waals surface area contributed by atoms with Crippen LogP contribution in [0.1, 0.15) is 22.7 Å². The minimum Gasteiger partial charge on any atom is -0.612 e. The van der Waals surface area contributed by atoms with Crippen LogP contribution in [0.25, 0.3) is 6.08 Å². The topological polar surface area (TPSA) is 109 Å². The third-order valence-electron chi connectivity index (χ3n) is 5.39. The molecule has 0 radical (unpaired) electrons. The standard InChI is InChI=1S/C27H29NO7S/c1-32-20-15-24(34-3)21(25(16-20)35-4)12-13-36(31)17-18-10-11-23(33-2)22(14-18)28-26(27(29)30)19-8-6-5-7-9-19/h5-16,26,28H,17H2,1-4H3,(H,29,30). The molecule has 0 aliphatic carbocycles. The summed E-state index contributed by atoms with van der Waals surface area (Å²) in [5.74, 6) is 1.29. The van der Waals surface area contributed by atoms with Gasteiger partial charge in [-0.25, -0.2) is 4.79 Å². The van der Waals surface area contributed by atoms with Crippen molar-refractivity contribution in [1.29, 1.82) is 0 Å². The molecule has 0 saturated heterocycles. The number of carboxylic acids is 1. The summed E-state index contributed by atoms with van der Waals surface area (Å²) < 4.78 is 34.4. The monoisotopic (exact) mass is 511 g/mol. The summed E-state index contributed by atoms with van der Waals surface area (Å²) in [6.07, 6.45) is 1.69. The lowest BCUT2D eigenvalue weighted by molar-refractivity contribution is -0.138. The highest BCUT2D eigenvalue weighted by atomic mass is 32.2. The Labute approximate surface area is 213 Å². The Kier molecular flexibility index (Phi) is 9.49. The molecule has 190 valence electrons. The number of nitrogens with one attached hydrogen (secondary N) is 1. The van der Waals surface area contributed by atoms with E-state index in [-0.39, 0.29) is 5.75 Å². The molecule has 0 aliphatic rings. The number of anilines is 1. The number of hydrogen-bond donors (Lipinski definition) is 2. The zero-order valence-electron chi connectivity index (χ0n) is 20.5. The third-order valence-corrected chi connectivity index (χ3v) is 6.45. The van der Waals surface area contributed by atoms with Gasteiger partial charge >= 0.3 is 5.97 Å². The molecule has 0 amide bonds. The molecule has 0 fully saturated rings. The first-order chi connectivity index (χ1) is 17.4. The first-order valence-corrected chi connectivity index (χ1v) is 12.3. The Morgan fingerprint density at radius 2 is 1.58 bits per heavy atom. The van der Waals surface area contributed by atoms with Gasteiger partial charge < -0.3 is 33.9 Å². The average Bonchev–Trinajstić information content (AvgIpc) is 2.90. The predicted molar refractivity (Wildman–Crippen MR) is 140 cm³/mol. The van der Waals surface area contributed by atoms with Crippen molar-refractivity contribution >= 4 is 28.9 Å². The highest BCUT2D eigenvalue weighted by Crippen LogP contribution is 2.35. The van der Waals surface area contributed by atoms with Crippen molar-refractivity contribution in [2.24, 2.45) is 0 Å². The molecule has 2 N–H and O–H groups in total. The van der Waals surface area contributed by atoms with Gasteiger partial charge in [-0.3, -0.25) is 0 Å². The van der Waals surface area contributed by atoms with Gasteiger partial charge in [0.2, 0.25) is 0 Å². The number of carbonyl (C=O) groups is 1. The highest BCUT2D eigenvalue weighted by molar-refractivity contribution is 7.93. The van der Waals surface area contributed by atoms with Crippen molar-refractivity contribution in [1.82, 2.24) is 0 Å². The summed E-state index contributed by atoms with van der Waals surface area (Å²) in [6.45, 7) is 0. The van der Waals surface area contributed by atoms with E-state index in [1.807, 2.05) is 6.07 Å². The van der Waals surface area contributed by atoms with Crippen molar-refractivity contribution < 1.29 is 33.4 Å². The smallest absolute Gasteiger partial charge is 0.330 e. The minimum absolute atomic E-state index is 0.207. The highest BCUT2D eigenvalue weighted by Gasteiger charge is 2.21. The molecule has 36 heavy (non-hydrogen) atoms. The number of aliphatic carboxylic acids is 1. The van der Waals surface area contributed by atoms with Crippen molar-refractivity contribution in [3.8, 4) is 23.0 Å². The summed E-state index contributed by atoms with van der Waals surface area (Å²) >= 11 is -1.38. The Morgan fingerprint density at radius 1 is 0.944 bits per heavy atom. The molecular formula is C27H29NO7S. The van der Waals surface area contributed by atoms with Crippen LogP contribution >= 0.6 is 0 Å². The molecular weight excluding hydrogens is 482 g/mol. The fourth-order valence-corrected chi connectivity index (χ4v) is 4.49. The maximum atomic E-state index is 12.9. The number of methoxy groups -OCH3 is 4. The van der Waals surface area contributed by atoms with Crippen LogP contribution in [0.3, 0.4) is 0 Å². The van der Waals surface area contributed by atoms with E-state index in [1.165, 1.54) is 21.3 Å². The van der Waals surface area contributed by atoms with Crippen molar-refractivity contribution in [3.05, 3.63) is 82.8 Å². The van der Waals surface area contributed by atoms with Gasteiger partial charge in [0.15, 0.2) is 6.04 Å². The van der Waals surface area contributed by atoms with Crippen LogP contribution in [-0.4, -0.2) is 44.1 Å². The Hall–Kier alpha value is -3.82. The van der Waals surface area contributed by atoms with Gasteiger partial charge in [-0.05, 0) is 28.9 Å². The van der Waals surface area contributed by atoms with Crippen molar-refractivity contribution in [2.75, 3.05) is 33.8 Å². The van der Waals surface area contributed by atoms with E-state index in [0.29, 0.717) is 39.8 Å². The van der Waals surface area contributed by atoms with E-state index in [4.69, 9.17) is 18.9 Å².